The Hall–Kier alpha value is 0.180. The van der Waals surface area contributed by atoms with Crippen molar-refractivity contribution in [3.05, 3.63) is 0 Å². The molecule has 27 heavy (non-hydrogen) atoms. The molecular weight excluding hydrogens is 417 g/mol. The molecule has 4 heterocycles. The van der Waals surface area contributed by atoms with Crippen LogP contribution in [-0.2, 0) is 24.0 Å². The van der Waals surface area contributed by atoms with Crippen molar-refractivity contribution in [2.75, 3.05) is 0 Å². The molecule has 0 aromatic heterocycles. The fourth-order valence-corrected chi connectivity index (χ4v) is 6.58. The van der Waals surface area contributed by atoms with Gasteiger partial charge < -0.3 is 14.2 Å². The van der Waals surface area contributed by atoms with E-state index < -0.39 is 33.7 Å². The summed E-state index contributed by atoms with van der Waals surface area (Å²) in [6.07, 6.45) is 2.56. The van der Waals surface area contributed by atoms with E-state index in [0.717, 1.165) is 25.7 Å². The summed E-state index contributed by atoms with van der Waals surface area (Å²) >= 11 is 17.4. The highest BCUT2D eigenvalue weighted by Crippen LogP contribution is 2.78. The maximum absolute atomic E-state index is 7.94. The van der Waals surface area contributed by atoms with Gasteiger partial charge in [0.1, 0.15) is 0 Å². The minimum Gasteiger partial charge on any atom is -0.448 e. The van der Waals surface area contributed by atoms with Gasteiger partial charge in [-0.2, -0.15) is 0 Å². The Bertz CT molecular complexity index is 688. The second kappa shape index (κ2) is 5.65. The van der Waals surface area contributed by atoms with Gasteiger partial charge in [0.2, 0.25) is 18.0 Å². The topological polar surface area (TPSA) is 70.0 Å². The minimum atomic E-state index is -1.93. The van der Waals surface area contributed by atoms with Crippen LogP contribution in [0.2, 0.25) is 0 Å². The van der Waals surface area contributed by atoms with Gasteiger partial charge in [0.25, 0.3) is 3.79 Å². The Labute approximate surface area is 173 Å². The highest BCUT2D eigenvalue weighted by atomic mass is 35.6. The highest BCUT2D eigenvalue weighted by Gasteiger charge is 2.83. The van der Waals surface area contributed by atoms with Gasteiger partial charge in [-0.15, -0.1) is 0 Å². The van der Waals surface area contributed by atoms with Crippen molar-refractivity contribution < 1.29 is 24.0 Å². The van der Waals surface area contributed by atoms with Gasteiger partial charge in [-0.25, -0.2) is 9.78 Å². The van der Waals surface area contributed by atoms with E-state index in [4.69, 9.17) is 64.2 Å². The van der Waals surface area contributed by atoms with Crippen molar-refractivity contribution in [3.63, 3.8) is 0 Å². The van der Waals surface area contributed by atoms with Crippen LogP contribution in [0, 0.1) is 34.5 Å². The predicted octanol–water partition coefficient (Wildman–Crippen LogP) is 4.56. The largest absolute Gasteiger partial charge is 0.448 e. The van der Waals surface area contributed by atoms with Crippen molar-refractivity contribution in [2.45, 2.75) is 74.2 Å². The third-order valence-corrected chi connectivity index (χ3v) is 8.23. The molecule has 2 unspecified atom stereocenters. The second-order valence-electron chi connectivity index (χ2n) is 9.08. The van der Waals surface area contributed by atoms with Crippen LogP contribution in [0.4, 0.5) is 0 Å². The zero-order valence-corrected chi connectivity index (χ0v) is 17.7. The fraction of sp³-hybridized carbons (Fsp3) is 0.944. The van der Waals surface area contributed by atoms with Gasteiger partial charge in [-0.1, -0.05) is 48.7 Å². The quantitative estimate of drug-likeness (QED) is 0.280. The molecule has 9 atom stereocenters. The summed E-state index contributed by atoms with van der Waals surface area (Å²) in [5, 5.41) is 7.94. The third kappa shape index (κ3) is 2.38. The molecule has 0 radical (unpaired) electrons. The Morgan fingerprint density at radius 1 is 1.15 bits per heavy atom. The van der Waals surface area contributed by atoms with Crippen molar-refractivity contribution in [3.8, 4) is 0 Å². The van der Waals surface area contributed by atoms with Crippen LogP contribution in [0.15, 0.2) is 0 Å². The maximum atomic E-state index is 7.94. The van der Waals surface area contributed by atoms with Crippen molar-refractivity contribution in [1.82, 2.24) is 0 Å². The molecule has 6 aliphatic rings. The maximum Gasteiger partial charge on any atom is 0.265 e. The number of hydrogen-bond acceptors (Lipinski definition) is 6. The van der Waals surface area contributed by atoms with Crippen LogP contribution >= 0.6 is 34.8 Å². The molecule has 0 aromatic rings. The summed E-state index contributed by atoms with van der Waals surface area (Å²) in [7, 11) is 0. The molecule has 2 bridgehead atoms. The molecule has 6 fully saturated rings. The lowest BCUT2D eigenvalue weighted by Gasteiger charge is -2.61. The minimum absolute atomic E-state index is 0.00318. The summed E-state index contributed by atoms with van der Waals surface area (Å²) in [6.45, 7) is 6.23. The molecule has 1 N–H and O–H groups in total. The van der Waals surface area contributed by atoms with Crippen LogP contribution < -0.4 is 0 Å². The Morgan fingerprint density at radius 3 is 2.59 bits per heavy atom. The number of alkyl halides is 3. The Kier molecular flexibility index (Phi) is 4.01. The van der Waals surface area contributed by atoms with E-state index in [1.807, 2.05) is 13.8 Å². The van der Waals surface area contributed by atoms with Crippen LogP contribution in [-0.4, -0.2) is 33.7 Å². The third-order valence-electron chi connectivity index (χ3n) is 7.71. The van der Waals surface area contributed by atoms with E-state index in [9.17, 15) is 0 Å². The van der Waals surface area contributed by atoms with Crippen molar-refractivity contribution in [2.24, 2.45) is 29.1 Å². The first-order valence-corrected chi connectivity index (χ1v) is 10.7. The smallest absolute Gasteiger partial charge is 0.265 e. The molecule has 4 aliphatic heterocycles. The lowest BCUT2D eigenvalue weighted by Crippen LogP contribution is -2.72. The average molecular weight is 441 g/mol. The Morgan fingerprint density at radius 2 is 1.89 bits per heavy atom. The first-order chi connectivity index (χ1) is 12.5. The average Bonchev–Trinajstić information content (AvgIpc) is 3.28. The van der Waals surface area contributed by atoms with E-state index in [1.54, 1.807) is 0 Å². The van der Waals surface area contributed by atoms with Crippen LogP contribution in [0.5, 0.6) is 0 Å². The molecule has 0 amide bonds. The van der Waals surface area contributed by atoms with Gasteiger partial charge in [0, 0.05) is 23.7 Å². The number of halogens is 3. The van der Waals surface area contributed by atoms with Gasteiger partial charge >= 0.3 is 0 Å². The first kappa shape index (κ1) is 19.2. The lowest BCUT2D eigenvalue weighted by atomic mass is 9.56. The van der Waals surface area contributed by atoms with Crippen LogP contribution in [0.1, 0.15) is 46.5 Å². The molecule has 6 rings (SSSR count). The number of hydrogen-bond donors (Lipinski definition) is 1. The predicted molar refractivity (Wildman–Crippen MR) is 98.4 cm³/mol. The highest BCUT2D eigenvalue weighted by molar-refractivity contribution is 6.76. The van der Waals surface area contributed by atoms with Gasteiger partial charge in [0.05, 0.1) is 0 Å². The molecule has 152 valence electrons. The van der Waals surface area contributed by atoms with E-state index in [1.165, 1.54) is 0 Å². The number of fused-ring (bicyclic) bond motifs is 1. The molecule has 6 nitrogen and oxygen atoms in total. The first-order valence-electron chi connectivity index (χ1n) is 9.56. The number of nitrogens with one attached hydrogen (secondary N) is 1. The summed E-state index contributed by atoms with van der Waals surface area (Å²) in [5.74, 6) is -0.269. The van der Waals surface area contributed by atoms with Gasteiger partial charge in [-0.3, -0.25) is 5.41 Å². The van der Waals surface area contributed by atoms with Crippen LogP contribution in [0.25, 0.3) is 0 Å². The summed E-state index contributed by atoms with van der Waals surface area (Å²) in [4.78, 5) is 12.0. The van der Waals surface area contributed by atoms with Crippen molar-refractivity contribution in [1.29, 1.82) is 5.41 Å². The second-order valence-corrected chi connectivity index (χ2v) is 11.4. The monoisotopic (exact) mass is 439 g/mol. The number of rotatable bonds is 1. The summed E-state index contributed by atoms with van der Waals surface area (Å²) < 4.78 is 16.3. The molecule has 0 aromatic carbocycles. The van der Waals surface area contributed by atoms with Gasteiger partial charge in [0.15, 0.2) is 11.9 Å². The lowest BCUT2D eigenvalue weighted by molar-refractivity contribution is -0.581. The molecule has 9 heteroatoms. The van der Waals surface area contributed by atoms with Crippen molar-refractivity contribution >= 4 is 40.7 Å². The fourth-order valence-electron chi connectivity index (χ4n) is 6.45. The Balaban J connectivity index is 1.53. The molecule has 4 saturated heterocycles. The number of ether oxygens (including phenoxy) is 3. The van der Waals surface area contributed by atoms with Gasteiger partial charge in [-0.05, 0) is 38.0 Å². The SMILES string of the molecule is CC1[C@H](OC(=N)C(Cl)(Cl)Cl)O[C@@H]2O[C@@]3(C)CC4C[C@@]45[C@H](C)CC[C@@H]1[C@@]25OO3. The molecule has 2 aliphatic carbocycles. The zero-order valence-electron chi connectivity index (χ0n) is 15.5. The normalized spacial score (nSPS) is 55.9. The van der Waals surface area contributed by atoms with E-state index >= 15 is 0 Å². The summed E-state index contributed by atoms with van der Waals surface area (Å²) in [6, 6.07) is 0. The summed E-state index contributed by atoms with van der Waals surface area (Å²) in [5.41, 5.74) is -0.663. The molecular formula is C18H24Cl3NO5. The van der Waals surface area contributed by atoms with E-state index in [-0.39, 0.29) is 17.3 Å². The van der Waals surface area contributed by atoms with E-state index in [0.29, 0.717) is 11.8 Å². The van der Waals surface area contributed by atoms with Crippen LogP contribution in [0.3, 0.4) is 0 Å². The zero-order chi connectivity index (χ0) is 19.4. The molecule has 2 spiro atoms. The molecule has 2 saturated carbocycles. The van der Waals surface area contributed by atoms with E-state index in [2.05, 4.69) is 6.92 Å². The standard InChI is InChI=1S/C18H24Cl3NO5/c1-8-4-5-11-9(2)12(23-13(22)18(19,20)21)24-14-17(11)16(8)7-10(16)6-15(3,25-14)26-27-17/h8-12,14,22H,4-7H2,1-3H3/t8-,9?,10?,11+,12-,14-,15-,16-,17-/m1/s1.